The number of alkyl halides is 3. The Bertz CT molecular complexity index is 632. The third-order valence-corrected chi connectivity index (χ3v) is 6.23. The number of amides is 1. The molecule has 1 aromatic rings. The number of halogens is 3. The van der Waals surface area contributed by atoms with E-state index in [-0.39, 0.29) is 5.91 Å². The molecular weight excluding hydrogens is 451 g/mol. The van der Waals surface area contributed by atoms with E-state index in [0.29, 0.717) is 6.42 Å². The summed E-state index contributed by atoms with van der Waals surface area (Å²) < 4.78 is -1.65. The van der Waals surface area contributed by atoms with Crippen LogP contribution in [0.3, 0.4) is 0 Å². The van der Waals surface area contributed by atoms with E-state index in [4.69, 9.17) is 34.8 Å². The van der Waals surface area contributed by atoms with E-state index < -0.39 is 9.96 Å². The van der Waals surface area contributed by atoms with Crippen LogP contribution in [0.15, 0.2) is 18.2 Å². The first-order valence-corrected chi connectivity index (χ1v) is 13.1. The fourth-order valence-corrected chi connectivity index (χ4v) is 4.02. The zero-order valence-corrected chi connectivity index (χ0v) is 21.8. The summed E-state index contributed by atoms with van der Waals surface area (Å²) in [7, 11) is 0. The minimum atomic E-state index is -1.65. The molecule has 3 nitrogen and oxygen atoms in total. The Balaban J connectivity index is 2.22. The molecule has 31 heavy (non-hydrogen) atoms. The molecule has 178 valence electrons. The van der Waals surface area contributed by atoms with Gasteiger partial charge in [0.1, 0.15) is 6.17 Å². The number of anilines is 1. The van der Waals surface area contributed by atoms with Crippen molar-refractivity contribution in [2.45, 2.75) is 114 Å². The summed E-state index contributed by atoms with van der Waals surface area (Å²) in [6, 6.07) is 5.97. The predicted octanol–water partition coefficient (Wildman–Crippen LogP) is 8.62. The highest BCUT2D eigenvalue weighted by molar-refractivity contribution is 6.68. The Labute approximate surface area is 205 Å². The highest BCUT2D eigenvalue weighted by Crippen LogP contribution is 2.32. The molecule has 0 aliphatic carbocycles. The summed E-state index contributed by atoms with van der Waals surface area (Å²) >= 11 is 18.3. The Hall–Kier alpha value is -0.640. The fourth-order valence-electron chi connectivity index (χ4n) is 3.69. The molecule has 0 aromatic heterocycles. The van der Waals surface area contributed by atoms with Gasteiger partial charge in [-0.2, -0.15) is 0 Å². The topological polar surface area (TPSA) is 41.1 Å². The van der Waals surface area contributed by atoms with E-state index in [9.17, 15) is 4.79 Å². The largest absolute Gasteiger partial charge is 0.362 e. The second-order valence-electron chi connectivity index (χ2n) is 8.64. The zero-order chi connectivity index (χ0) is 23.1. The van der Waals surface area contributed by atoms with Gasteiger partial charge < -0.3 is 10.6 Å². The van der Waals surface area contributed by atoms with E-state index in [2.05, 4.69) is 17.6 Å². The van der Waals surface area contributed by atoms with Crippen molar-refractivity contribution in [3.8, 4) is 0 Å². The Morgan fingerprint density at radius 3 is 1.87 bits per heavy atom. The Kier molecular flexibility index (Phi) is 14.7. The quantitative estimate of drug-likeness (QED) is 0.138. The van der Waals surface area contributed by atoms with Gasteiger partial charge in [0, 0.05) is 12.1 Å². The number of rotatable bonds is 16. The second-order valence-corrected chi connectivity index (χ2v) is 11.0. The maximum absolute atomic E-state index is 12.4. The van der Waals surface area contributed by atoms with E-state index in [1.54, 1.807) is 0 Å². The molecule has 1 amide bonds. The number of aryl methyl sites for hydroxylation is 2. The highest BCUT2D eigenvalue weighted by Gasteiger charge is 2.34. The third-order valence-electron chi connectivity index (χ3n) is 5.57. The van der Waals surface area contributed by atoms with Crippen LogP contribution < -0.4 is 10.6 Å². The number of hydrogen-bond donors (Lipinski definition) is 2. The van der Waals surface area contributed by atoms with Crippen molar-refractivity contribution in [3.05, 3.63) is 29.3 Å². The lowest BCUT2D eigenvalue weighted by molar-refractivity contribution is -0.121. The van der Waals surface area contributed by atoms with Gasteiger partial charge in [0.2, 0.25) is 9.70 Å². The molecule has 0 radical (unpaired) electrons. The number of unbranched alkanes of at least 4 members (excludes halogenated alkanes) is 11. The van der Waals surface area contributed by atoms with E-state index >= 15 is 0 Å². The molecule has 0 saturated carbocycles. The standard InChI is InChI=1S/C25H41Cl3N2O/c1-4-5-6-7-8-9-10-11-12-13-14-15-16-23(31)30-24(25(26,27)28)29-22-18-17-20(2)19-21(22)3/h17-19,24,29H,4-16H2,1-3H3,(H,30,31). The molecule has 0 bridgehead atoms. The van der Waals surface area contributed by atoms with Crippen LogP contribution in [0.2, 0.25) is 0 Å². The van der Waals surface area contributed by atoms with Gasteiger partial charge in [-0.3, -0.25) is 4.79 Å². The maximum Gasteiger partial charge on any atom is 0.228 e. The molecule has 2 N–H and O–H groups in total. The SMILES string of the molecule is CCCCCCCCCCCCCCC(=O)NC(Nc1ccc(C)cc1C)C(Cl)(Cl)Cl. The number of carbonyl (C=O) groups excluding carboxylic acids is 1. The molecule has 6 heteroatoms. The minimum absolute atomic E-state index is 0.0966. The van der Waals surface area contributed by atoms with Gasteiger partial charge in [0.15, 0.2) is 0 Å². The second kappa shape index (κ2) is 16.0. The lowest BCUT2D eigenvalue weighted by Crippen LogP contribution is -2.49. The molecule has 0 saturated heterocycles. The van der Waals surface area contributed by atoms with E-state index in [0.717, 1.165) is 29.7 Å². The number of carbonyl (C=O) groups is 1. The molecule has 0 aliphatic heterocycles. The van der Waals surface area contributed by atoms with Crippen LogP contribution in [0.4, 0.5) is 5.69 Å². The van der Waals surface area contributed by atoms with Gasteiger partial charge in [-0.1, -0.05) is 130 Å². The van der Waals surface area contributed by atoms with Gasteiger partial charge in [-0.05, 0) is 31.9 Å². The molecule has 1 atom stereocenters. The van der Waals surface area contributed by atoms with Crippen molar-refractivity contribution in [2.24, 2.45) is 0 Å². The average molecular weight is 492 g/mol. The third kappa shape index (κ3) is 13.5. The molecule has 0 heterocycles. The number of nitrogens with one attached hydrogen (secondary N) is 2. The molecule has 0 spiro atoms. The maximum atomic E-state index is 12.4. The number of hydrogen-bond acceptors (Lipinski definition) is 2. The predicted molar refractivity (Wildman–Crippen MR) is 137 cm³/mol. The van der Waals surface area contributed by atoms with Crippen molar-refractivity contribution in [1.29, 1.82) is 0 Å². The number of benzene rings is 1. The normalized spacial score (nSPS) is 12.6. The van der Waals surface area contributed by atoms with Crippen LogP contribution in [0, 0.1) is 13.8 Å². The first-order chi connectivity index (χ1) is 14.7. The highest BCUT2D eigenvalue weighted by atomic mass is 35.6. The molecule has 0 fully saturated rings. The molecule has 1 unspecified atom stereocenters. The smallest absolute Gasteiger partial charge is 0.228 e. The Morgan fingerprint density at radius 1 is 0.871 bits per heavy atom. The Morgan fingerprint density at radius 2 is 1.39 bits per heavy atom. The van der Waals surface area contributed by atoms with Crippen LogP contribution in [-0.4, -0.2) is 15.9 Å². The van der Waals surface area contributed by atoms with Crippen molar-refractivity contribution >= 4 is 46.4 Å². The van der Waals surface area contributed by atoms with Crippen molar-refractivity contribution < 1.29 is 4.79 Å². The summed E-state index contributed by atoms with van der Waals surface area (Å²) in [5.74, 6) is -0.0966. The van der Waals surface area contributed by atoms with E-state index in [1.807, 2.05) is 32.0 Å². The first kappa shape index (κ1) is 28.4. The van der Waals surface area contributed by atoms with Gasteiger partial charge in [-0.15, -0.1) is 0 Å². The average Bonchev–Trinajstić information content (AvgIpc) is 2.69. The zero-order valence-electron chi connectivity index (χ0n) is 19.5. The van der Waals surface area contributed by atoms with Gasteiger partial charge >= 0.3 is 0 Å². The molecule has 0 aliphatic rings. The molecular formula is C25H41Cl3N2O. The summed E-state index contributed by atoms with van der Waals surface area (Å²) in [5.41, 5.74) is 3.03. The van der Waals surface area contributed by atoms with Gasteiger partial charge in [-0.25, -0.2) is 0 Å². The minimum Gasteiger partial charge on any atom is -0.362 e. The van der Waals surface area contributed by atoms with Gasteiger partial charge in [0.05, 0.1) is 0 Å². The summed E-state index contributed by atoms with van der Waals surface area (Å²) in [6.45, 7) is 6.27. The molecule has 1 aromatic carbocycles. The van der Waals surface area contributed by atoms with Crippen molar-refractivity contribution in [2.75, 3.05) is 5.32 Å². The van der Waals surface area contributed by atoms with Crippen LogP contribution in [0.25, 0.3) is 0 Å². The van der Waals surface area contributed by atoms with Crippen LogP contribution in [0.1, 0.15) is 102 Å². The monoisotopic (exact) mass is 490 g/mol. The van der Waals surface area contributed by atoms with Gasteiger partial charge in [0.25, 0.3) is 0 Å². The summed E-state index contributed by atoms with van der Waals surface area (Å²) in [4.78, 5) is 12.4. The summed E-state index contributed by atoms with van der Waals surface area (Å²) in [5, 5.41) is 6.00. The van der Waals surface area contributed by atoms with Crippen molar-refractivity contribution in [3.63, 3.8) is 0 Å². The first-order valence-electron chi connectivity index (χ1n) is 11.9. The van der Waals surface area contributed by atoms with Crippen LogP contribution in [-0.2, 0) is 4.79 Å². The summed E-state index contributed by atoms with van der Waals surface area (Å²) in [6.07, 6.45) is 14.8. The molecule has 1 rings (SSSR count). The van der Waals surface area contributed by atoms with Crippen LogP contribution >= 0.6 is 34.8 Å². The lowest BCUT2D eigenvalue weighted by Gasteiger charge is -2.28. The lowest BCUT2D eigenvalue weighted by atomic mass is 10.0. The van der Waals surface area contributed by atoms with E-state index in [1.165, 1.54) is 64.2 Å². The fraction of sp³-hybridized carbons (Fsp3) is 0.720. The van der Waals surface area contributed by atoms with Crippen LogP contribution in [0.5, 0.6) is 0 Å². The van der Waals surface area contributed by atoms with Crippen molar-refractivity contribution in [1.82, 2.24) is 5.32 Å².